The van der Waals surface area contributed by atoms with Gasteiger partial charge in [0.25, 0.3) is 0 Å². The van der Waals surface area contributed by atoms with Gasteiger partial charge in [-0.05, 0) is 18.6 Å². The van der Waals surface area contributed by atoms with E-state index in [0.29, 0.717) is 6.42 Å². The van der Waals surface area contributed by atoms with Gasteiger partial charge in [-0.1, -0.05) is 27.2 Å². The Kier molecular flexibility index (Phi) is 9.05. The second-order valence-corrected chi connectivity index (χ2v) is 5.59. The van der Waals surface area contributed by atoms with E-state index in [4.69, 9.17) is 4.74 Å². The summed E-state index contributed by atoms with van der Waals surface area (Å²) < 4.78 is 31.9. The quantitative estimate of drug-likeness (QED) is 0.707. The SMILES string of the molecule is CCCC(C)(C)C(=O)N(CCOC)c1ccc(F)[c]c1F.[Ti]. The van der Waals surface area contributed by atoms with Gasteiger partial charge in [0.15, 0.2) is 5.82 Å². The van der Waals surface area contributed by atoms with E-state index in [1.54, 1.807) is 0 Å². The molecule has 0 fully saturated rings. The fraction of sp³-hybridized carbons (Fsp3) is 0.562. The first-order valence-corrected chi connectivity index (χ1v) is 7.01. The van der Waals surface area contributed by atoms with Gasteiger partial charge in [0.2, 0.25) is 5.91 Å². The second-order valence-electron chi connectivity index (χ2n) is 5.59. The standard InChI is InChI=1S/C16H22F2NO2.Ti/c1-5-8-16(2,3)15(20)19(9-10-21-4)14-7-6-12(17)11-13(14)18;/h6-7H,5,8-10H2,1-4H3;. The number of rotatable bonds is 7. The van der Waals surface area contributed by atoms with Crippen LogP contribution in [0.25, 0.3) is 0 Å². The van der Waals surface area contributed by atoms with E-state index in [0.717, 1.165) is 12.5 Å². The fourth-order valence-electron chi connectivity index (χ4n) is 2.26. The van der Waals surface area contributed by atoms with Crippen molar-refractivity contribution >= 4 is 11.6 Å². The van der Waals surface area contributed by atoms with Gasteiger partial charge in [0, 0.05) is 40.8 Å². The summed E-state index contributed by atoms with van der Waals surface area (Å²) in [6.45, 7) is 6.11. The van der Waals surface area contributed by atoms with Gasteiger partial charge in [-0.2, -0.15) is 0 Å². The first-order chi connectivity index (χ1) is 9.83. The minimum atomic E-state index is -0.869. The summed E-state index contributed by atoms with van der Waals surface area (Å²) in [7, 11) is 1.51. The number of carbonyl (C=O) groups excluding carboxylic acids is 1. The zero-order valence-corrected chi connectivity index (χ0v) is 15.1. The van der Waals surface area contributed by atoms with Crippen LogP contribution >= 0.6 is 0 Å². The van der Waals surface area contributed by atoms with E-state index in [-0.39, 0.29) is 46.5 Å². The maximum Gasteiger partial charge on any atom is 0.232 e. The van der Waals surface area contributed by atoms with Gasteiger partial charge in [-0.15, -0.1) is 0 Å². The Morgan fingerprint density at radius 1 is 1.36 bits per heavy atom. The molecular weight excluding hydrogens is 324 g/mol. The molecule has 0 N–H and O–H groups in total. The summed E-state index contributed by atoms with van der Waals surface area (Å²) in [5, 5.41) is 0. The number of carbonyl (C=O) groups is 1. The number of hydrogen-bond donors (Lipinski definition) is 0. The number of amides is 1. The number of methoxy groups -OCH3 is 1. The first kappa shape index (κ1) is 21.2. The molecule has 0 saturated heterocycles. The third-order valence-electron chi connectivity index (χ3n) is 3.35. The van der Waals surface area contributed by atoms with E-state index in [9.17, 15) is 13.6 Å². The molecule has 121 valence electrons. The van der Waals surface area contributed by atoms with Crippen molar-refractivity contribution in [3.05, 3.63) is 29.8 Å². The van der Waals surface area contributed by atoms with E-state index >= 15 is 0 Å². The molecule has 0 heterocycles. The number of benzene rings is 1. The van der Waals surface area contributed by atoms with Crippen LogP contribution in [0.5, 0.6) is 0 Å². The van der Waals surface area contributed by atoms with Crippen molar-refractivity contribution in [2.45, 2.75) is 33.6 Å². The molecule has 0 aliphatic rings. The van der Waals surface area contributed by atoms with Crippen molar-refractivity contribution in [2.75, 3.05) is 25.2 Å². The van der Waals surface area contributed by atoms with Gasteiger partial charge < -0.3 is 9.64 Å². The number of hydrogen-bond acceptors (Lipinski definition) is 2. The molecule has 0 saturated carbocycles. The molecule has 1 aromatic rings. The van der Waals surface area contributed by atoms with Crippen LogP contribution in [-0.2, 0) is 31.2 Å². The van der Waals surface area contributed by atoms with Crippen LogP contribution in [0.1, 0.15) is 33.6 Å². The maximum atomic E-state index is 13.9. The van der Waals surface area contributed by atoms with Crippen LogP contribution in [0.3, 0.4) is 0 Å². The second kappa shape index (κ2) is 9.38. The van der Waals surface area contributed by atoms with Gasteiger partial charge in [0.05, 0.1) is 18.4 Å². The van der Waals surface area contributed by atoms with E-state index in [1.165, 1.54) is 18.1 Å². The number of nitrogens with zero attached hydrogens (tertiary/aromatic N) is 1. The zero-order valence-electron chi connectivity index (χ0n) is 13.5. The van der Waals surface area contributed by atoms with Crippen molar-refractivity contribution in [3.8, 4) is 0 Å². The van der Waals surface area contributed by atoms with Gasteiger partial charge >= 0.3 is 0 Å². The fourth-order valence-corrected chi connectivity index (χ4v) is 2.26. The van der Waals surface area contributed by atoms with Gasteiger partial charge in [-0.3, -0.25) is 4.79 Å². The Morgan fingerprint density at radius 3 is 2.50 bits per heavy atom. The van der Waals surface area contributed by atoms with E-state index < -0.39 is 17.0 Å². The van der Waals surface area contributed by atoms with Crippen molar-refractivity contribution in [3.63, 3.8) is 0 Å². The van der Waals surface area contributed by atoms with Crippen molar-refractivity contribution in [1.29, 1.82) is 0 Å². The van der Waals surface area contributed by atoms with Gasteiger partial charge in [0.1, 0.15) is 5.82 Å². The Labute approximate surface area is 145 Å². The largest absolute Gasteiger partial charge is 0.383 e. The summed E-state index contributed by atoms with van der Waals surface area (Å²) in [5.74, 6) is -1.87. The van der Waals surface area contributed by atoms with Crippen LogP contribution in [0.2, 0.25) is 0 Å². The summed E-state index contributed by atoms with van der Waals surface area (Å²) in [5.41, 5.74) is -0.591. The predicted molar refractivity (Wildman–Crippen MR) is 78.1 cm³/mol. The monoisotopic (exact) mass is 346 g/mol. The number of anilines is 1. The third kappa shape index (κ3) is 5.45. The Hall–Kier alpha value is -0.776. The van der Waals surface area contributed by atoms with Crippen molar-refractivity contribution in [2.24, 2.45) is 5.41 Å². The smallest absolute Gasteiger partial charge is 0.232 e. The molecule has 0 aliphatic carbocycles. The van der Waals surface area contributed by atoms with E-state index in [2.05, 4.69) is 0 Å². The van der Waals surface area contributed by atoms with Crippen LogP contribution in [-0.4, -0.2) is 26.2 Å². The summed E-state index contributed by atoms with van der Waals surface area (Å²) in [6, 6.07) is 4.32. The summed E-state index contributed by atoms with van der Waals surface area (Å²) in [6.07, 6.45) is 1.52. The Balaban J connectivity index is 0.00000441. The first-order valence-electron chi connectivity index (χ1n) is 7.01. The zero-order chi connectivity index (χ0) is 16.0. The average molecular weight is 346 g/mol. The third-order valence-corrected chi connectivity index (χ3v) is 3.35. The topological polar surface area (TPSA) is 29.5 Å². The minimum absolute atomic E-state index is 0. The molecule has 1 aromatic carbocycles. The average Bonchev–Trinajstić information content (AvgIpc) is 2.40. The molecule has 1 rings (SSSR count). The molecule has 1 radical (unpaired) electrons. The summed E-state index contributed by atoms with van der Waals surface area (Å²) in [4.78, 5) is 14.0. The normalized spacial score (nSPS) is 11.0. The molecular formula is C16H22F2NO2Ti. The molecule has 22 heavy (non-hydrogen) atoms. The molecule has 0 aromatic heterocycles. The molecule has 0 aliphatic heterocycles. The van der Waals surface area contributed by atoms with Crippen LogP contribution in [0.4, 0.5) is 14.5 Å². The van der Waals surface area contributed by atoms with Gasteiger partial charge in [-0.25, -0.2) is 8.78 Å². The van der Waals surface area contributed by atoms with Crippen LogP contribution in [0, 0.1) is 23.1 Å². The molecule has 3 nitrogen and oxygen atoms in total. The van der Waals surface area contributed by atoms with Crippen LogP contribution < -0.4 is 4.90 Å². The molecule has 0 spiro atoms. The Bertz CT molecular complexity index is 495. The molecule has 0 bridgehead atoms. The summed E-state index contributed by atoms with van der Waals surface area (Å²) >= 11 is 0. The molecule has 0 atom stereocenters. The maximum absolute atomic E-state index is 13.9. The number of ether oxygens (including phenoxy) is 1. The molecule has 1 amide bonds. The molecule has 0 unspecified atom stereocenters. The molecule has 6 heteroatoms. The minimum Gasteiger partial charge on any atom is -0.383 e. The number of halogens is 2. The van der Waals surface area contributed by atoms with Crippen molar-refractivity contribution < 1.29 is 40.0 Å². The van der Waals surface area contributed by atoms with Crippen LogP contribution in [0.15, 0.2) is 12.1 Å². The van der Waals surface area contributed by atoms with Crippen molar-refractivity contribution in [1.82, 2.24) is 0 Å². The predicted octanol–water partition coefficient (Wildman–Crippen LogP) is 3.57. The Morgan fingerprint density at radius 2 is 2.00 bits per heavy atom. The van der Waals surface area contributed by atoms with E-state index in [1.807, 2.05) is 26.8 Å².